The van der Waals surface area contributed by atoms with Gasteiger partial charge in [-0.2, -0.15) is 0 Å². The Hall–Kier alpha value is -1.29. The summed E-state index contributed by atoms with van der Waals surface area (Å²) < 4.78 is 5.29. The molecule has 14 heavy (non-hydrogen) atoms. The smallest absolute Gasteiger partial charge is 0.179 e. The van der Waals surface area contributed by atoms with Gasteiger partial charge in [-0.25, -0.2) is 5.84 Å². The molecule has 0 atom stereocenters. The largest absolute Gasteiger partial charge is 0.461 e. The lowest BCUT2D eigenvalue weighted by Crippen LogP contribution is -2.33. The van der Waals surface area contributed by atoms with Crippen molar-refractivity contribution in [3.05, 3.63) is 23.7 Å². The van der Waals surface area contributed by atoms with Crippen molar-refractivity contribution in [1.29, 1.82) is 0 Å². The van der Waals surface area contributed by atoms with E-state index in [9.17, 15) is 0 Å². The molecule has 4 heteroatoms. The van der Waals surface area contributed by atoms with Crippen LogP contribution in [0.5, 0.6) is 0 Å². The fraction of sp³-hybridized carbons (Fsp3) is 0.500. The van der Waals surface area contributed by atoms with E-state index in [0.717, 1.165) is 5.56 Å². The van der Waals surface area contributed by atoms with E-state index in [1.807, 2.05) is 33.8 Å². The third kappa shape index (κ3) is 2.60. The first kappa shape index (κ1) is 10.8. The average molecular weight is 195 g/mol. The normalized spacial score (nSPS) is 13.1. The van der Waals surface area contributed by atoms with Crippen LogP contribution in [-0.2, 0) is 0 Å². The van der Waals surface area contributed by atoms with E-state index in [2.05, 4.69) is 10.4 Å². The van der Waals surface area contributed by atoms with Crippen molar-refractivity contribution < 1.29 is 4.42 Å². The van der Waals surface area contributed by atoms with Gasteiger partial charge in [0.2, 0.25) is 0 Å². The van der Waals surface area contributed by atoms with Crippen LogP contribution in [0.2, 0.25) is 0 Å². The molecule has 0 amide bonds. The standard InChI is InChI=1S/C10H17N3O/c1-7-5-6-14-8(7)9(13-11)12-10(2,3)4/h5-6H,11H2,1-4H3,(H,12,13). The average Bonchev–Trinajstić information content (AvgIpc) is 2.45. The van der Waals surface area contributed by atoms with Gasteiger partial charge in [0.15, 0.2) is 11.6 Å². The number of amidine groups is 1. The number of nitrogens with two attached hydrogens (primary N) is 1. The van der Waals surface area contributed by atoms with Crippen molar-refractivity contribution in [3.63, 3.8) is 0 Å². The fourth-order valence-electron chi connectivity index (χ4n) is 1.10. The number of aliphatic imine (C=N–C) groups is 1. The molecule has 0 aromatic carbocycles. The first-order valence-electron chi connectivity index (χ1n) is 4.55. The number of aryl methyl sites for hydroxylation is 1. The number of hydrazine groups is 1. The number of nitrogens with one attached hydrogen (secondary N) is 1. The summed E-state index contributed by atoms with van der Waals surface area (Å²) in [6.45, 7) is 7.96. The summed E-state index contributed by atoms with van der Waals surface area (Å²) in [7, 11) is 0. The highest BCUT2D eigenvalue weighted by Gasteiger charge is 2.14. The Kier molecular flexibility index (Phi) is 2.96. The summed E-state index contributed by atoms with van der Waals surface area (Å²) in [5.41, 5.74) is 3.40. The van der Waals surface area contributed by atoms with Crippen molar-refractivity contribution in [2.75, 3.05) is 0 Å². The van der Waals surface area contributed by atoms with Crippen molar-refractivity contribution in [2.45, 2.75) is 33.2 Å². The first-order chi connectivity index (χ1) is 6.44. The van der Waals surface area contributed by atoms with Gasteiger partial charge in [0.05, 0.1) is 11.8 Å². The second kappa shape index (κ2) is 3.84. The Labute approximate surface area is 84.2 Å². The minimum absolute atomic E-state index is 0.180. The third-order valence-corrected chi connectivity index (χ3v) is 1.66. The Morgan fingerprint density at radius 1 is 1.50 bits per heavy atom. The molecule has 0 aliphatic carbocycles. The lowest BCUT2D eigenvalue weighted by atomic mass is 10.1. The predicted molar refractivity (Wildman–Crippen MR) is 57.1 cm³/mol. The predicted octanol–water partition coefficient (Wildman–Crippen LogP) is 1.60. The topological polar surface area (TPSA) is 63.5 Å². The first-order valence-corrected chi connectivity index (χ1v) is 4.55. The zero-order chi connectivity index (χ0) is 10.8. The van der Waals surface area contributed by atoms with E-state index in [1.165, 1.54) is 0 Å². The highest BCUT2D eigenvalue weighted by Crippen LogP contribution is 2.13. The lowest BCUT2D eigenvalue weighted by Gasteiger charge is -2.14. The van der Waals surface area contributed by atoms with Crippen LogP contribution < -0.4 is 11.3 Å². The fourth-order valence-corrected chi connectivity index (χ4v) is 1.10. The van der Waals surface area contributed by atoms with E-state index in [0.29, 0.717) is 11.6 Å². The van der Waals surface area contributed by atoms with Gasteiger partial charge < -0.3 is 9.84 Å². The number of hydrogen-bond acceptors (Lipinski definition) is 3. The summed E-state index contributed by atoms with van der Waals surface area (Å²) >= 11 is 0. The molecular formula is C10H17N3O. The summed E-state index contributed by atoms with van der Waals surface area (Å²) in [6, 6.07) is 1.88. The van der Waals surface area contributed by atoms with Crippen LogP contribution >= 0.6 is 0 Å². The number of rotatable bonds is 1. The molecule has 0 bridgehead atoms. The number of furan rings is 1. The monoisotopic (exact) mass is 195 g/mol. The molecular weight excluding hydrogens is 178 g/mol. The second-order valence-corrected chi connectivity index (χ2v) is 4.21. The SMILES string of the molecule is Cc1ccoc1C(=NC(C)(C)C)NN. The lowest BCUT2D eigenvalue weighted by molar-refractivity contribution is 0.539. The van der Waals surface area contributed by atoms with Crippen molar-refractivity contribution in [2.24, 2.45) is 10.8 Å². The molecule has 4 nitrogen and oxygen atoms in total. The summed E-state index contributed by atoms with van der Waals surface area (Å²) in [5, 5.41) is 0. The second-order valence-electron chi connectivity index (χ2n) is 4.21. The van der Waals surface area contributed by atoms with Crippen LogP contribution in [0.25, 0.3) is 0 Å². The molecule has 0 spiro atoms. The van der Waals surface area contributed by atoms with Gasteiger partial charge in [-0.05, 0) is 39.3 Å². The third-order valence-electron chi connectivity index (χ3n) is 1.66. The Morgan fingerprint density at radius 3 is 2.50 bits per heavy atom. The molecule has 0 radical (unpaired) electrons. The molecule has 0 fully saturated rings. The highest BCUT2D eigenvalue weighted by atomic mass is 16.3. The van der Waals surface area contributed by atoms with E-state index >= 15 is 0 Å². The van der Waals surface area contributed by atoms with Crippen molar-refractivity contribution in [1.82, 2.24) is 5.43 Å². The number of hydrogen-bond donors (Lipinski definition) is 2. The van der Waals surface area contributed by atoms with Crippen LogP contribution in [-0.4, -0.2) is 11.4 Å². The molecule has 0 unspecified atom stereocenters. The minimum Gasteiger partial charge on any atom is -0.461 e. The van der Waals surface area contributed by atoms with Crippen LogP contribution in [0, 0.1) is 6.92 Å². The van der Waals surface area contributed by atoms with Crippen molar-refractivity contribution >= 4 is 5.84 Å². The molecule has 0 aliphatic heterocycles. The zero-order valence-electron chi connectivity index (χ0n) is 9.09. The summed E-state index contributed by atoms with van der Waals surface area (Å²) in [4.78, 5) is 4.42. The van der Waals surface area contributed by atoms with Crippen molar-refractivity contribution in [3.8, 4) is 0 Å². The Balaban J connectivity index is 3.05. The van der Waals surface area contributed by atoms with E-state index in [-0.39, 0.29) is 5.54 Å². The zero-order valence-corrected chi connectivity index (χ0v) is 9.09. The molecule has 1 heterocycles. The molecule has 3 N–H and O–H groups in total. The Bertz CT molecular complexity index is 333. The minimum atomic E-state index is -0.180. The number of nitrogens with zero attached hydrogens (tertiary/aromatic N) is 1. The Morgan fingerprint density at radius 2 is 2.14 bits per heavy atom. The maximum Gasteiger partial charge on any atom is 0.179 e. The van der Waals surface area contributed by atoms with Gasteiger partial charge in [0.1, 0.15) is 0 Å². The van der Waals surface area contributed by atoms with Gasteiger partial charge in [-0.3, -0.25) is 4.99 Å². The van der Waals surface area contributed by atoms with E-state index < -0.39 is 0 Å². The molecule has 1 aromatic rings. The van der Waals surface area contributed by atoms with Crippen LogP contribution in [0.15, 0.2) is 21.7 Å². The molecule has 0 aliphatic rings. The van der Waals surface area contributed by atoms with Gasteiger partial charge in [-0.1, -0.05) is 0 Å². The van der Waals surface area contributed by atoms with Gasteiger partial charge in [0, 0.05) is 0 Å². The molecule has 0 saturated heterocycles. The van der Waals surface area contributed by atoms with Crippen LogP contribution in [0.3, 0.4) is 0 Å². The maximum absolute atomic E-state index is 5.40. The highest BCUT2D eigenvalue weighted by molar-refractivity contribution is 5.97. The van der Waals surface area contributed by atoms with Gasteiger partial charge in [0.25, 0.3) is 0 Å². The molecule has 1 aromatic heterocycles. The van der Waals surface area contributed by atoms with E-state index in [4.69, 9.17) is 10.3 Å². The maximum atomic E-state index is 5.40. The molecule has 1 rings (SSSR count). The van der Waals surface area contributed by atoms with E-state index in [1.54, 1.807) is 6.26 Å². The van der Waals surface area contributed by atoms with Gasteiger partial charge >= 0.3 is 0 Å². The molecule has 78 valence electrons. The molecule has 0 saturated carbocycles. The summed E-state index contributed by atoms with van der Waals surface area (Å²) in [5.74, 6) is 6.68. The van der Waals surface area contributed by atoms with Gasteiger partial charge in [-0.15, -0.1) is 0 Å². The van der Waals surface area contributed by atoms with Crippen LogP contribution in [0.1, 0.15) is 32.1 Å². The quantitative estimate of drug-likeness (QED) is 0.309. The van der Waals surface area contributed by atoms with Crippen LogP contribution in [0.4, 0.5) is 0 Å². The summed E-state index contributed by atoms with van der Waals surface area (Å²) in [6.07, 6.45) is 1.63.